The first-order valence-electron chi connectivity index (χ1n) is 4.14. The molecule has 0 spiro atoms. The monoisotopic (exact) mass is 172 g/mol. The van der Waals surface area contributed by atoms with Crippen molar-refractivity contribution in [1.82, 2.24) is 4.90 Å². The Bertz CT molecular complexity index is 167. The third kappa shape index (κ3) is 1.94. The van der Waals surface area contributed by atoms with Crippen LogP contribution in [0.1, 0.15) is 6.42 Å². The summed E-state index contributed by atoms with van der Waals surface area (Å²) in [5, 5.41) is 0. The van der Waals surface area contributed by atoms with Gasteiger partial charge in [0.2, 0.25) is 5.91 Å². The second-order valence-corrected chi connectivity index (χ2v) is 3.20. The lowest BCUT2D eigenvalue weighted by Gasteiger charge is -2.41. The first kappa shape index (κ1) is 9.44. The van der Waals surface area contributed by atoms with Gasteiger partial charge in [0.25, 0.3) is 0 Å². The summed E-state index contributed by atoms with van der Waals surface area (Å²) in [7, 11) is 0. The van der Waals surface area contributed by atoms with Crippen LogP contribution >= 0.6 is 0 Å². The minimum absolute atomic E-state index is 0.00572. The molecule has 1 heterocycles. The largest absolute Gasteiger partial charge is 0.369 e. The molecule has 1 aliphatic rings. The van der Waals surface area contributed by atoms with Gasteiger partial charge in [-0.3, -0.25) is 9.69 Å². The summed E-state index contributed by atoms with van der Waals surface area (Å²) in [4.78, 5) is 12.7. The van der Waals surface area contributed by atoms with Gasteiger partial charge < -0.3 is 17.2 Å². The van der Waals surface area contributed by atoms with Gasteiger partial charge in [-0.05, 0) is 13.0 Å². The summed E-state index contributed by atoms with van der Waals surface area (Å²) in [6, 6.07) is 0. The molecule has 5 nitrogen and oxygen atoms in total. The van der Waals surface area contributed by atoms with Crippen molar-refractivity contribution in [3.05, 3.63) is 0 Å². The Kier molecular flexibility index (Phi) is 3.02. The lowest BCUT2D eigenvalue weighted by atomic mass is 9.98. The van der Waals surface area contributed by atoms with Gasteiger partial charge in [0.05, 0.1) is 12.1 Å². The van der Waals surface area contributed by atoms with Crippen LogP contribution in [0.15, 0.2) is 0 Å². The van der Waals surface area contributed by atoms with E-state index in [0.717, 1.165) is 6.42 Å². The molecule has 0 radical (unpaired) electrons. The van der Waals surface area contributed by atoms with E-state index in [4.69, 9.17) is 17.2 Å². The SMILES string of the molecule is NCC[C@@H](N)N1CC(C(N)=O)C1. The highest BCUT2D eigenvalue weighted by Crippen LogP contribution is 2.16. The number of hydrogen-bond donors (Lipinski definition) is 3. The van der Waals surface area contributed by atoms with Crippen molar-refractivity contribution in [2.24, 2.45) is 23.1 Å². The summed E-state index contributed by atoms with van der Waals surface area (Å²) in [5.74, 6) is -0.236. The maximum Gasteiger partial charge on any atom is 0.223 e. The van der Waals surface area contributed by atoms with E-state index in [2.05, 4.69) is 0 Å². The summed E-state index contributed by atoms with van der Waals surface area (Å²) < 4.78 is 0. The van der Waals surface area contributed by atoms with Crippen molar-refractivity contribution >= 4 is 5.91 Å². The summed E-state index contributed by atoms with van der Waals surface area (Å²) in [5.41, 5.74) is 16.2. The number of nitrogens with two attached hydrogens (primary N) is 3. The predicted molar refractivity (Wildman–Crippen MR) is 45.9 cm³/mol. The van der Waals surface area contributed by atoms with E-state index in [-0.39, 0.29) is 18.0 Å². The molecule has 0 aromatic heterocycles. The maximum absolute atomic E-state index is 10.6. The van der Waals surface area contributed by atoms with Crippen LogP contribution in [-0.4, -0.2) is 36.6 Å². The Labute approximate surface area is 71.9 Å². The van der Waals surface area contributed by atoms with Crippen molar-refractivity contribution in [1.29, 1.82) is 0 Å². The number of carbonyl (C=O) groups is 1. The topological polar surface area (TPSA) is 98.4 Å². The third-order valence-corrected chi connectivity index (χ3v) is 2.24. The fraction of sp³-hybridized carbons (Fsp3) is 0.857. The number of rotatable bonds is 4. The quantitative estimate of drug-likeness (QED) is 0.458. The van der Waals surface area contributed by atoms with Crippen LogP contribution in [0.3, 0.4) is 0 Å². The molecule has 0 aromatic carbocycles. The van der Waals surface area contributed by atoms with Crippen LogP contribution in [0.25, 0.3) is 0 Å². The Hall–Kier alpha value is -0.650. The van der Waals surface area contributed by atoms with Gasteiger partial charge in [-0.25, -0.2) is 0 Å². The average molecular weight is 172 g/mol. The molecule has 0 aromatic rings. The van der Waals surface area contributed by atoms with Crippen LogP contribution in [0, 0.1) is 5.92 Å². The van der Waals surface area contributed by atoms with E-state index < -0.39 is 0 Å². The van der Waals surface area contributed by atoms with Crippen molar-refractivity contribution in [3.8, 4) is 0 Å². The van der Waals surface area contributed by atoms with Crippen molar-refractivity contribution in [2.75, 3.05) is 19.6 Å². The fourth-order valence-corrected chi connectivity index (χ4v) is 1.32. The van der Waals surface area contributed by atoms with Gasteiger partial charge in [0.15, 0.2) is 0 Å². The molecule has 5 heteroatoms. The fourth-order valence-electron chi connectivity index (χ4n) is 1.32. The summed E-state index contributed by atoms with van der Waals surface area (Å²) >= 11 is 0. The molecule has 1 atom stereocenters. The molecule has 6 N–H and O–H groups in total. The van der Waals surface area contributed by atoms with Crippen LogP contribution in [0.4, 0.5) is 0 Å². The molecule has 1 rings (SSSR count). The molecule has 1 saturated heterocycles. The first-order chi connectivity index (χ1) is 5.65. The predicted octanol–water partition coefficient (Wildman–Crippen LogP) is -1.96. The third-order valence-electron chi connectivity index (χ3n) is 2.24. The number of nitrogens with zero attached hydrogens (tertiary/aromatic N) is 1. The molecule has 12 heavy (non-hydrogen) atoms. The smallest absolute Gasteiger partial charge is 0.223 e. The zero-order chi connectivity index (χ0) is 9.14. The maximum atomic E-state index is 10.6. The lowest BCUT2D eigenvalue weighted by Crippen LogP contribution is -2.59. The van der Waals surface area contributed by atoms with E-state index in [1.54, 1.807) is 0 Å². The van der Waals surface area contributed by atoms with Gasteiger partial charge >= 0.3 is 0 Å². The van der Waals surface area contributed by atoms with Crippen LogP contribution < -0.4 is 17.2 Å². The van der Waals surface area contributed by atoms with Crippen LogP contribution in [0.2, 0.25) is 0 Å². The number of hydrogen-bond acceptors (Lipinski definition) is 4. The zero-order valence-corrected chi connectivity index (χ0v) is 7.07. The van der Waals surface area contributed by atoms with E-state index in [9.17, 15) is 4.79 Å². The molecule has 1 fully saturated rings. The van der Waals surface area contributed by atoms with E-state index in [0.29, 0.717) is 19.6 Å². The van der Waals surface area contributed by atoms with Crippen molar-refractivity contribution < 1.29 is 4.79 Å². The second-order valence-electron chi connectivity index (χ2n) is 3.20. The summed E-state index contributed by atoms with van der Waals surface area (Å²) in [6.07, 6.45) is 0.761. The van der Waals surface area contributed by atoms with Crippen LogP contribution in [0.5, 0.6) is 0 Å². The minimum Gasteiger partial charge on any atom is -0.369 e. The van der Waals surface area contributed by atoms with E-state index in [1.165, 1.54) is 0 Å². The first-order valence-corrected chi connectivity index (χ1v) is 4.14. The van der Waals surface area contributed by atoms with E-state index >= 15 is 0 Å². The highest BCUT2D eigenvalue weighted by Gasteiger charge is 2.33. The second kappa shape index (κ2) is 3.84. The zero-order valence-electron chi connectivity index (χ0n) is 7.07. The summed E-state index contributed by atoms with van der Waals surface area (Å²) in [6.45, 7) is 1.96. The Morgan fingerprint density at radius 1 is 1.58 bits per heavy atom. The molecule has 1 aliphatic heterocycles. The Morgan fingerprint density at radius 3 is 2.58 bits per heavy atom. The molecular weight excluding hydrogens is 156 g/mol. The van der Waals surface area contributed by atoms with Gasteiger partial charge in [-0.1, -0.05) is 0 Å². The van der Waals surface area contributed by atoms with Gasteiger partial charge in [-0.2, -0.15) is 0 Å². The average Bonchev–Trinajstić information content (AvgIpc) is 1.82. The molecule has 0 aliphatic carbocycles. The Balaban J connectivity index is 2.20. The number of primary amides is 1. The lowest BCUT2D eigenvalue weighted by molar-refractivity contribution is -0.127. The highest BCUT2D eigenvalue weighted by atomic mass is 16.1. The number of amides is 1. The highest BCUT2D eigenvalue weighted by molar-refractivity contribution is 5.78. The number of likely N-dealkylation sites (tertiary alicyclic amines) is 1. The van der Waals surface area contributed by atoms with Crippen molar-refractivity contribution in [3.63, 3.8) is 0 Å². The standard InChI is InChI=1S/C7H16N4O/c8-2-1-6(9)11-3-5(4-11)7(10)12/h5-6H,1-4,8-9H2,(H2,10,12)/t6-/m0/s1. The molecule has 70 valence electrons. The molecule has 0 unspecified atom stereocenters. The van der Waals surface area contributed by atoms with Crippen molar-refractivity contribution in [2.45, 2.75) is 12.6 Å². The molecule has 1 amide bonds. The normalized spacial score (nSPS) is 21.8. The minimum atomic E-state index is -0.230. The molecule has 0 saturated carbocycles. The number of carbonyl (C=O) groups excluding carboxylic acids is 1. The van der Waals surface area contributed by atoms with Gasteiger partial charge in [0, 0.05) is 13.1 Å². The van der Waals surface area contributed by atoms with E-state index in [1.807, 2.05) is 4.90 Å². The van der Waals surface area contributed by atoms with Crippen LogP contribution in [-0.2, 0) is 4.79 Å². The van der Waals surface area contributed by atoms with Gasteiger partial charge in [-0.15, -0.1) is 0 Å². The Morgan fingerprint density at radius 2 is 2.17 bits per heavy atom. The van der Waals surface area contributed by atoms with Gasteiger partial charge in [0.1, 0.15) is 0 Å². The molecular formula is C7H16N4O. The molecule has 0 bridgehead atoms.